The first kappa shape index (κ1) is 41.3. The maximum atomic E-state index is 15.1. The third kappa shape index (κ3) is 8.66. The summed E-state index contributed by atoms with van der Waals surface area (Å²) in [5, 5.41) is 11.5. The monoisotopic (exact) mass is 855 g/mol. The van der Waals surface area contributed by atoms with E-state index in [0.717, 1.165) is 16.4 Å². The number of sulfonamides is 2. The molecule has 6 rings (SSSR count). The molecule has 1 N–H and O–H groups in total. The van der Waals surface area contributed by atoms with Gasteiger partial charge < -0.3 is 19.5 Å². The second-order valence-corrected chi connectivity index (χ2v) is 17.4. The fourth-order valence-electron chi connectivity index (χ4n) is 6.69. The second kappa shape index (κ2) is 17.0. The molecule has 0 aromatic heterocycles. The highest BCUT2D eigenvalue weighted by molar-refractivity contribution is 7.93. The third-order valence-corrected chi connectivity index (χ3v) is 13.6. The maximum Gasteiger partial charge on any atom is 0.332 e. The molecule has 1 heterocycles. The van der Waals surface area contributed by atoms with E-state index in [2.05, 4.69) is 0 Å². The van der Waals surface area contributed by atoms with Crippen molar-refractivity contribution in [1.82, 2.24) is 4.90 Å². The summed E-state index contributed by atoms with van der Waals surface area (Å²) in [4.78, 5) is 28.3. The van der Waals surface area contributed by atoms with Gasteiger partial charge in [-0.15, -0.1) is 0 Å². The Morgan fingerprint density at radius 1 is 0.789 bits per heavy atom. The first-order valence-electron chi connectivity index (χ1n) is 17.3. The van der Waals surface area contributed by atoms with Crippen LogP contribution in [0.2, 0.25) is 10.0 Å². The zero-order valence-corrected chi connectivity index (χ0v) is 33.6. The van der Waals surface area contributed by atoms with Gasteiger partial charge in [-0.1, -0.05) is 35.3 Å². The number of halogens is 3. The minimum Gasteiger partial charge on any atom is -0.497 e. The summed E-state index contributed by atoms with van der Waals surface area (Å²) >= 11 is 12.3. The molecule has 1 amide bonds. The van der Waals surface area contributed by atoms with E-state index in [4.69, 9.17) is 32.7 Å². The lowest BCUT2D eigenvalue weighted by Crippen LogP contribution is -2.44. The van der Waals surface area contributed by atoms with Gasteiger partial charge in [0.15, 0.2) is 6.04 Å². The van der Waals surface area contributed by atoms with Crippen LogP contribution in [0.25, 0.3) is 0 Å². The van der Waals surface area contributed by atoms with E-state index in [1.165, 1.54) is 110 Å². The number of benzene rings is 5. The number of carboxylic acid groups (broad SMARTS) is 1. The molecule has 1 fully saturated rings. The average molecular weight is 857 g/mol. The number of rotatable bonds is 14. The summed E-state index contributed by atoms with van der Waals surface area (Å²) in [6.07, 6.45) is 1.16. The fraction of sp³-hybridized carbons (Fsp3) is 0.200. The predicted octanol–water partition coefficient (Wildman–Crippen LogP) is 7.73. The van der Waals surface area contributed by atoms with Crippen LogP contribution in [0.4, 0.5) is 15.8 Å². The molecule has 0 radical (unpaired) electrons. The third-order valence-electron chi connectivity index (χ3n) is 9.47. The molecule has 2 unspecified atom stereocenters. The fourth-order valence-corrected chi connectivity index (χ4v) is 10.2. The van der Waals surface area contributed by atoms with Crippen molar-refractivity contribution in [2.24, 2.45) is 0 Å². The molecular formula is C40H36Cl2FN3O9S2. The van der Waals surface area contributed by atoms with Crippen molar-refractivity contribution in [1.29, 1.82) is 0 Å². The molecule has 1 aliphatic heterocycles. The van der Waals surface area contributed by atoms with E-state index in [1.807, 2.05) is 0 Å². The Balaban J connectivity index is 1.52. The Hall–Kier alpha value is -5.35. The summed E-state index contributed by atoms with van der Waals surface area (Å²) in [6, 6.07) is 22.7. The number of carbonyl (C=O) groups is 2. The SMILES string of the molecule is COc1ccc(S(=O)(=O)N(c2ccc(Cl)cc2)C(C(=O)O)c2cc(OC)ccc2S(=O)(=O)N(CC(=O)N2CCCC2c2ccc(F)cc2)c2ccc(Cl)cc2)cc1. The van der Waals surface area contributed by atoms with Crippen LogP contribution in [-0.4, -0.2) is 66.0 Å². The molecule has 0 saturated carbocycles. The number of carboxylic acids is 1. The van der Waals surface area contributed by atoms with Crippen molar-refractivity contribution in [3.05, 3.63) is 142 Å². The molecule has 57 heavy (non-hydrogen) atoms. The normalized spacial score (nSPS) is 14.8. The number of hydrogen-bond donors (Lipinski definition) is 1. The molecule has 12 nitrogen and oxygen atoms in total. The van der Waals surface area contributed by atoms with Gasteiger partial charge in [-0.2, -0.15) is 0 Å². The molecule has 0 aliphatic carbocycles. The molecule has 17 heteroatoms. The Labute approximate surface area is 339 Å². The number of methoxy groups -OCH3 is 2. The summed E-state index contributed by atoms with van der Waals surface area (Å²) in [7, 11) is -7.07. The van der Waals surface area contributed by atoms with E-state index in [1.54, 1.807) is 12.1 Å². The van der Waals surface area contributed by atoms with Gasteiger partial charge in [0.2, 0.25) is 5.91 Å². The smallest absolute Gasteiger partial charge is 0.332 e. The zero-order valence-electron chi connectivity index (χ0n) is 30.5. The van der Waals surface area contributed by atoms with Gasteiger partial charge in [0, 0.05) is 22.2 Å². The molecule has 1 aliphatic rings. The molecule has 5 aromatic carbocycles. The van der Waals surface area contributed by atoms with Crippen LogP contribution in [-0.2, 0) is 29.6 Å². The van der Waals surface area contributed by atoms with Gasteiger partial charge in [-0.3, -0.25) is 9.10 Å². The molecule has 5 aromatic rings. The molecule has 2 atom stereocenters. The van der Waals surface area contributed by atoms with E-state index < -0.39 is 66.8 Å². The Bertz CT molecular complexity index is 2470. The summed E-state index contributed by atoms with van der Waals surface area (Å²) < 4.78 is 85.3. The predicted molar refractivity (Wildman–Crippen MR) is 214 cm³/mol. The highest BCUT2D eigenvalue weighted by Gasteiger charge is 2.43. The largest absolute Gasteiger partial charge is 0.497 e. The molecular weight excluding hydrogens is 820 g/mol. The Morgan fingerprint density at radius 2 is 1.35 bits per heavy atom. The van der Waals surface area contributed by atoms with E-state index in [0.29, 0.717) is 35.0 Å². The van der Waals surface area contributed by atoms with Gasteiger partial charge in [0.25, 0.3) is 20.0 Å². The minimum atomic E-state index is -4.94. The molecule has 0 bridgehead atoms. The highest BCUT2D eigenvalue weighted by atomic mass is 35.5. The van der Waals surface area contributed by atoms with Gasteiger partial charge in [0.05, 0.1) is 41.4 Å². The van der Waals surface area contributed by atoms with Crippen LogP contribution in [0, 0.1) is 5.82 Å². The number of amides is 1. The van der Waals surface area contributed by atoms with Crippen LogP contribution >= 0.6 is 23.2 Å². The number of carbonyl (C=O) groups excluding carboxylic acids is 1. The number of ether oxygens (including phenoxy) is 2. The summed E-state index contributed by atoms with van der Waals surface area (Å²) in [5.41, 5.74) is 0.0367. The highest BCUT2D eigenvalue weighted by Crippen LogP contribution is 2.41. The average Bonchev–Trinajstić information content (AvgIpc) is 3.70. The van der Waals surface area contributed by atoms with E-state index in [-0.39, 0.29) is 32.1 Å². The quantitative estimate of drug-likeness (QED) is 0.118. The lowest BCUT2D eigenvalue weighted by Gasteiger charge is -2.33. The van der Waals surface area contributed by atoms with Gasteiger partial charge in [-0.05, 0) is 122 Å². The maximum absolute atomic E-state index is 15.1. The lowest BCUT2D eigenvalue weighted by molar-refractivity contribution is -0.138. The number of anilines is 2. The van der Waals surface area contributed by atoms with Gasteiger partial charge in [0.1, 0.15) is 23.9 Å². The van der Waals surface area contributed by atoms with Crippen LogP contribution in [0.3, 0.4) is 0 Å². The van der Waals surface area contributed by atoms with E-state index in [9.17, 15) is 27.5 Å². The summed E-state index contributed by atoms with van der Waals surface area (Å²) in [5.74, 6) is -2.43. The Kier molecular flexibility index (Phi) is 12.3. The Morgan fingerprint density at radius 3 is 1.91 bits per heavy atom. The molecule has 0 spiro atoms. The molecule has 298 valence electrons. The van der Waals surface area contributed by atoms with Gasteiger partial charge in [-0.25, -0.2) is 30.3 Å². The van der Waals surface area contributed by atoms with Crippen molar-refractivity contribution >= 4 is 66.5 Å². The van der Waals surface area contributed by atoms with Crippen molar-refractivity contribution in [2.45, 2.75) is 34.7 Å². The second-order valence-electron chi connectivity index (χ2n) is 12.9. The van der Waals surface area contributed by atoms with Crippen LogP contribution in [0.1, 0.15) is 36.1 Å². The van der Waals surface area contributed by atoms with Crippen molar-refractivity contribution in [2.75, 3.05) is 35.9 Å². The number of hydrogen-bond acceptors (Lipinski definition) is 8. The summed E-state index contributed by atoms with van der Waals surface area (Å²) in [6.45, 7) is -0.445. The minimum absolute atomic E-state index is 0.0133. The van der Waals surface area contributed by atoms with E-state index >= 15 is 8.42 Å². The van der Waals surface area contributed by atoms with Crippen molar-refractivity contribution in [3.8, 4) is 11.5 Å². The number of aliphatic carboxylic acids is 1. The number of nitrogens with zero attached hydrogens (tertiary/aromatic N) is 3. The molecule has 1 saturated heterocycles. The zero-order chi connectivity index (χ0) is 41.1. The van der Waals surface area contributed by atoms with Crippen LogP contribution in [0.15, 0.2) is 125 Å². The van der Waals surface area contributed by atoms with Crippen molar-refractivity contribution < 1.29 is 45.4 Å². The lowest BCUT2D eigenvalue weighted by atomic mass is 10.0. The first-order valence-corrected chi connectivity index (χ1v) is 21.0. The topological polar surface area (TPSA) is 151 Å². The van der Waals surface area contributed by atoms with Crippen LogP contribution < -0.4 is 18.1 Å². The number of likely N-dealkylation sites (tertiary alicyclic amines) is 1. The standard InChI is InChI=1S/C40H36Cl2FN3O9S2/c1-54-32-17-20-34(21-18-32)56(50,51)46(31-15-9-28(42)10-16-31)39(40(48)49)35-24-33(55-2)19-22-37(35)57(52,53)45(30-13-7-27(41)8-14-30)25-38(47)44-23-3-4-36(44)26-5-11-29(43)12-6-26/h5-22,24,36,39H,3-4,23,25H2,1-2H3,(H,48,49). The first-order chi connectivity index (χ1) is 27.1. The van der Waals surface area contributed by atoms with Gasteiger partial charge >= 0.3 is 5.97 Å². The van der Waals surface area contributed by atoms with Crippen LogP contribution in [0.5, 0.6) is 11.5 Å². The van der Waals surface area contributed by atoms with Crippen molar-refractivity contribution in [3.63, 3.8) is 0 Å².